The Morgan fingerprint density at radius 3 is 2.77 bits per heavy atom. The molecule has 0 aliphatic rings. The van der Waals surface area contributed by atoms with E-state index < -0.39 is 9.84 Å². The lowest BCUT2D eigenvalue weighted by Gasteiger charge is -1.98. The van der Waals surface area contributed by atoms with Crippen LogP contribution in [0.15, 0.2) is 10.7 Å². The van der Waals surface area contributed by atoms with Gasteiger partial charge >= 0.3 is 0 Å². The highest BCUT2D eigenvalue weighted by atomic mass is 79.9. The fraction of sp³-hybridized carbons (Fsp3) is 0.333. The van der Waals surface area contributed by atoms with Gasteiger partial charge in [-0.3, -0.25) is 0 Å². The van der Waals surface area contributed by atoms with E-state index in [0.717, 1.165) is 6.26 Å². The van der Waals surface area contributed by atoms with Gasteiger partial charge in [-0.15, -0.1) is 0 Å². The van der Waals surface area contributed by atoms with Gasteiger partial charge in [-0.2, -0.15) is 0 Å². The molecular formula is C6H7BrN2O2S2. The van der Waals surface area contributed by atoms with Gasteiger partial charge < -0.3 is 4.98 Å². The molecule has 0 spiro atoms. The molecule has 7 heteroatoms. The molecule has 0 unspecified atom stereocenters. The topological polar surface area (TPSA) is 62.8 Å². The van der Waals surface area contributed by atoms with Crippen LogP contribution >= 0.6 is 28.1 Å². The van der Waals surface area contributed by atoms with Gasteiger partial charge in [-0.1, -0.05) is 12.2 Å². The average molecular weight is 283 g/mol. The van der Waals surface area contributed by atoms with Crippen LogP contribution in [0.2, 0.25) is 0 Å². The predicted molar refractivity (Wildman–Crippen MR) is 55.7 cm³/mol. The van der Waals surface area contributed by atoms with Gasteiger partial charge in [0.05, 0.1) is 4.47 Å². The Bertz CT molecular complexity index is 466. The highest BCUT2D eigenvalue weighted by molar-refractivity contribution is 9.10. The molecule has 1 rings (SSSR count). The number of hydrogen-bond donors (Lipinski definition) is 1. The van der Waals surface area contributed by atoms with Gasteiger partial charge in [0.1, 0.15) is 16.2 Å². The van der Waals surface area contributed by atoms with E-state index in [-0.39, 0.29) is 5.75 Å². The van der Waals surface area contributed by atoms with Crippen molar-refractivity contribution in [3.8, 4) is 0 Å². The second-order valence-electron chi connectivity index (χ2n) is 2.58. The fourth-order valence-corrected chi connectivity index (χ4v) is 1.75. The Labute approximate surface area is 89.5 Å². The molecule has 1 heterocycles. The summed E-state index contributed by atoms with van der Waals surface area (Å²) in [4.78, 5) is 6.59. The van der Waals surface area contributed by atoms with Crippen molar-refractivity contribution in [1.29, 1.82) is 0 Å². The van der Waals surface area contributed by atoms with Crippen LogP contribution in [0, 0.1) is 4.64 Å². The molecule has 1 aromatic rings. The normalized spacial score (nSPS) is 11.5. The zero-order valence-electron chi connectivity index (χ0n) is 6.74. The minimum absolute atomic E-state index is 0.121. The van der Waals surface area contributed by atoms with Crippen LogP contribution in [0.4, 0.5) is 0 Å². The predicted octanol–water partition coefficient (Wildman–Crippen LogP) is 1.45. The zero-order valence-corrected chi connectivity index (χ0v) is 9.96. The molecule has 13 heavy (non-hydrogen) atoms. The molecule has 0 saturated heterocycles. The first-order valence-electron chi connectivity index (χ1n) is 3.30. The molecule has 72 valence electrons. The Balaban J connectivity index is 3.06. The summed E-state index contributed by atoms with van der Waals surface area (Å²) in [5.74, 6) is 0.236. The lowest BCUT2D eigenvalue weighted by Crippen LogP contribution is -2.05. The fourth-order valence-electron chi connectivity index (χ4n) is 0.738. The van der Waals surface area contributed by atoms with Crippen molar-refractivity contribution < 1.29 is 8.42 Å². The first-order chi connectivity index (χ1) is 5.88. The van der Waals surface area contributed by atoms with Crippen LogP contribution in [0.25, 0.3) is 0 Å². The summed E-state index contributed by atoms with van der Waals surface area (Å²) in [7, 11) is -3.06. The van der Waals surface area contributed by atoms with E-state index in [1.807, 2.05) is 0 Å². The molecule has 0 saturated carbocycles. The Kier molecular flexibility index (Phi) is 3.20. The van der Waals surface area contributed by atoms with Crippen LogP contribution < -0.4 is 0 Å². The van der Waals surface area contributed by atoms with Crippen molar-refractivity contribution in [2.24, 2.45) is 0 Å². The first-order valence-corrected chi connectivity index (χ1v) is 6.56. The molecular weight excluding hydrogens is 276 g/mol. The van der Waals surface area contributed by atoms with Crippen LogP contribution in [0.3, 0.4) is 0 Å². The summed E-state index contributed by atoms with van der Waals surface area (Å²) in [5, 5.41) is 0. The van der Waals surface area contributed by atoms with Crippen LogP contribution in [0.5, 0.6) is 0 Å². The van der Waals surface area contributed by atoms with Crippen molar-refractivity contribution in [2.75, 3.05) is 6.26 Å². The van der Waals surface area contributed by atoms with Gasteiger partial charge in [0.15, 0.2) is 9.84 Å². The first kappa shape index (κ1) is 10.8. The number of aromatic nitrogens is 2. The third-order valence-corrected chi connectivity index (χ3v) is 3.19. The van der Waals surface area contributed by atoms with Gasteiger partial charge in [0, 0.05) is 12.5 Å². The van der Waals surface area contributed by atoms with E-state index in [1.54, 1.807) is 0 Å². The number of nitrogens with zero attached hydrogens (tertiary/aromatic N) is 1. The summed E-state index contributed by atoms with van der Waals surface area (Å²) < 4.78 is 22.9. The van der Waals surface area contributed by atoms with E-state index >= 15 is 0 Å². The van der Waals surface area contributed by atoms with Crippen LogP contribution in [-0.4, -0.2) is 24.6 Å². The van der Waals surface area contributed by atoms with Crippen molar-refractivity contribution in [3.05, 3.63) is 21.1 Å². The van der Waals surface area contributed by atoms with Gasteiger partial charge in [0.25, 0.3) is 0 Å². The van der Waals surface area contributed by atoms with E-state index in [2.05, 4.69) is 25.9 Å². The zero-order chi connectivity index (χ0) is 10.1. The molecule has 0 fully saturated rings. The van der Waals surface area contributed by atoms with Gasteiger partial charge in [-0.05, 0) is 15.9 Å². The molecule has 0 atom stereocenters. The number of nitrogens with one attached hydrogen (secondary N) is 1. The van der Waals surface area contributed by atoms with E-state index in [9.17, 15) is 8.42 Å². The molecule has 1 aromatic heterocycles. The summed E-state index contributed by atoms with van der Waals surface area (Å²) >= 11 is 8.05. The Hall–Kier alpha value is -0.270. The maximum Gasteiger partial charge on any atom is 0.154 e. The lowest BCUT2D eigenvalue weighted by molar-refractivity contribution is 0.599. The molecule has 0 aromatic carbocycles. The standard InChI is InChI=1S/C6H7BrN2O2S2/c1-13(10,11)3-5-8-2-4(7)6(12)9-5/h2H,3H2,1H3,(H,8,9,12). The van der Waals surface area contributed by atoms with E-state index in [4.69, 9.17) is 12.2 Å². The highest BCUT2D eigenvalue weighted by Crippen LogP contribution is 2.08. The van der Waals surface area contributed by atoms with Crippen molar-refractivity contribution in [2.45, 2.75) is 5.75 Å². The molecule has 0 aliphatic heterocycles. The number of rotatable bonds is 2. The molecule has 1 N–H and O–H groups in total. The van der Waals surface area contributed by atoms with E-state index in [0.29, 0.717) is 14.9 Å². The lowest BCUT2D eigenvalue weighted by atomic mass is 10.6. The minimum Gasteiger partial charge on any atom is -0.333 e. The van der Waals surface area contributed by atoms with Crippen molar-refractivity contribution in [3.63, 3.8) is 0 Å². The summed E-state index contributed by atoms with van der Waals surface area (Å²) in [5.41, 5.74) is 0. The quantitative estimate of drug-likeness (QED) is 0.834. The smallest absolute Gasteiger partial charge is 0.154 e. The molecule has 4 nitrogen and oxygen atoms in total. The van der Waals surface area contributed by atoms with Crippen LogP contribution in [0.1, 0.15) is 5.82 Å². The minimum atomic E-state index is -3.06. The number of H-pyrrole nitrogens is 1. The highest BCUT2D eigenvalue weighted by Gasteiger charge is 2.06. The number of sulfone groups is 1. The molecule has 0 radical (unpaired) electrons. The maximum absolute atomic E-state index is 10.9. The van der Waals surface area contributed by atoms with E-state index in [1.165, 1.54) is 6.20 Å². The van der Waals surface area contributed by atoms with Crippen molar-refractivity contribution >= 4 is 38.0 Å². The molecule has 0 bridgehead atoms. The maximum atomic E-state index is 10.9. The van der Waals surface area contributed by atoms with Crippen LogP contribution in [-0.2, 0) is 15.6 Å². The monoisotopic (exact) mass is 282 g/mol. The second-order valence-corrected chi connectivity index (χ2v) is 5.98. The Morgan fingerprint density at radius 1 is 1.69 bits per heavy atom. The molecule has 0 aliphatic carbocycles. The van der Waals surface area contributed by atoms with Gasteiger partial charge in [-0.25, -0.2) is 13.4 Å². The largest absolute Gasteiger partial charge is 0.333 e. The summed E-state index contributed by atoms with van der Waals surface area (Å²) in [6.07, 6.45) is 2.63. The van der Waals surface area contributed by atoms with Crippen molar-refractivity contribution in [1.82, 2.24) is 9.97 Å². The number of hydrogen-bond acceptors (Lipinski definition) is 4. The Morgan fingerprint density at radius 2 is 2.31 bits per heavy atom. The van der Waals surface area contributed by atoms with Gasteiger partial charge in [0.2, 0.25) is 0 Å². The SMILES string of the molecule is CS(=O)(=O)Cc1ncc(Br)c(=S)[nH]1. The summed E-state index contributed by atoms with van der Waals surface area (Å²) in [6, 6.07) is 0. The molecule has 0 amide bonds. The second kappa shape index (κ2) is 3.85. The number of aromatic amines is 1. The number of halogens is 1. The average Bonchev–Trinajstić information content (AvgIpc) is 1.94. The third kappa shape index (κ3) is 3.53. The third-order valence-electron chi connectivity index (χ3n) is 1.21. The summed E-state index contributed by atoms with van der Waals surface area (Å²) in [6.45, 7) is 0.